The second-order valence-electron chi connectivity index (χ2n) is 5.57. The largest absolute Gasteiger partial charge is 0.370 e. The maximum atomic E-state index is 13.4. The molecule has 0 saturated carbocycles. The van der Waals surface area contributed by atoms with E-state index in [0.29, 0.717) is 13.2 Å². The van der Waals surface area contributed by atoms with Gasteiger partial charge in [0.1, 0.15) is 17.7 Å². The van der Waals surface area contributed by atoms with E-state index in [1.54, 1.807) is 10.6 Å². The van der Waals surface area contributed by atoms with E-state index >= 15 is 0 Å². The summed E-state index contributed by atoms with van der Waals surface area (Å²) in [6.07, 6.45) is -0.168. The highest BCUT2D eigenvalue weighted by atomic mass is 19.1. The third-order valence-electron chi connectivity index (χ3n) is 4.02. The van der Waals surface area contributed by atoms with Crippen LogP contribution in [-0.4, -0.2) is 39.5 Å². The summed E-state index contributed by atoms with van der Waals surface area (Å²) in [4.78, 5) is 2.14. The van der Waals surface area contributed by atoms with Crippen LogP contribution in [0.25, 0.3) is 5.65 Å². The minimum atomic E-state index is -0.247. The Balaban J connectivity index is 1.62. The summed E-state index contributed by atoms with van der Waals surface area (Å²) >= 11 is 0. The highest BCUT2D eigenvalue weighted by Gasteiger charge is 2.23. The van der Waals surface area contributed by atoms with Gasteiger partial charge < -0.3 is 9.64 Å². The van der Waals surface area contributed by atoms with Crippen LogP contribution in [-0.2, 0) is 4.74 Å². The highest BCUT2D eigenvalue weighted by Crippen LogP contribution is 2.25. The fourth-order valence-corrected chi connectivity index (χ4v) is 2.82. The molecule has 0 bridgehead atoms. The Labute approximate surface area is 132 Å². The molecule has 118 valence electrons. The van der Waals surface area contributed by atoms with Crippen molar-refractivity contribution in [1.82, 2.24) is 19.8 Å². The monoisotopic (exact) mass is 313 g/mol. The molecule has 1 unspecified atom stereocenters. The third-order valence-corrected chi connectivity index (χ3v) is 4.02. The van der Waals surface area contributed by atoms with Crippen LogP contribution in [0.2, 0.25) is 0 Å². The number of ether oxygens (including phenoxy) is 1. The van der Waals surface area contributed by atoms with E-state index in [0.717, 1.165) is 29.4 Å². The van der Waals surface area contributed by atoms with E-state index in [2.05, 4.69) is 20.2 Å². The molecule has 0 radical (unpaired) electrons. The number of hydrogen-bond donors (Lipinski definition) is 0. The summed E-state index contributed by atoms with van der Waals surface area (Å²) in [5, 5.41) is 12.7. The van der Waals surface area contributed by atoms with Gasteiger partial charge in [0.2, 0.25) is 0 Å². The number of fused-ring (bicyclic) bond motifs is 1. The van der Waals surface area contributed by atoms with Crippen LogP contribution < -0.4 is 4.90 Å². The Kier molecular flexibility index (Phi) is 3.42. The molecule has 1 atom stereocenters. The lowest BCUT2D eigenvalue weighted by Gasteiger charge is -2.33. The number of nitrogens with zero attached hydrogens (tertiary/aromatic N) is 5. The predicted octanol–water partition coefficient (Wildman–Crippen LogP) is 2.15. The molecular weight excluding hydrogens is 297 g/mol. The van der Waals surface area contributed by atoms with E-state index in [-0.39, 0.29) is 11.9 Å². The van der Waals surface area contributed by atoms with Crippen molar-refractivity contribution in [2.45, 2.75) is 13.0 Å². The van der Waals surface area contributed by atoms with Gasteiger partial charge in [0, 0.05) is 13.1 Å². The number of aryl methyl sites for hydroxylation is 1. The van der Waals surface area contributed by atoms with Gasteiger partial charge >= 0.3 is 0 Å². The van der Waals surface area contributed by atoms with Gasteiger partial charge in [0.15, 0.2) is 11.5 Å². The quantitative estimate of drug-likeness (QED) is 0.725. The molecule has 0 N–H and O–H groups in total. The molecule has 23 heavy (non-hydrogen) atoms. The SMILES string of the molecule is Cc1nnc2ccc(N3CCOC(c4cccc(F)c4)C3)nn12. The predicted molar refractivity (Wildman–Crippen MR) is 82.8 cm³/mol. The van der Waals surface area contributed by atoms with Crippen molar-refractivity contribution in [2.24, 2.45) is 0 Å². The van der Waals surface area contributed by atoms with Crippen LogP contribution in [0.4, 0.5) is 10.2 Å². The van der Waals surface area contributed by atoms with Crippen molar-refractivity contribution in [3.05, 3.63) is 53.6 Å². The van der Waals surface area contributed by atoms with Crippen LogP contribution >= 0.6 is 0 Å². The molecule has 1 fully saturated rings. The Morgan fingerprint density at radius 3 is 3.00 bits per heavy atom. The van der Waals surface area contributed by atoms with Crippen molar-refractivity contribution >= 4 is 11.5 Å². The lowest BCUT2D eigenvalue weighted by Crippen LogP contribution is -2.39. The van der Waals surface area contributed by atoms with E-state index < -0.39 is 0 Å². The summed E-state index contributed by atoms with van der Waals surface area (Å²) in [6.45, 7) is 3.81. The summed E-state index contributed by atoms with van der Waals surface area (Å²) in [5.74, 6) is 1.34. The van der Waals surface area contributed by atoms with E-state index in [1.807, 2.05) is 25.1 Å². The lowest BCUT2D eigenvalue weighted by molar-refractivity contribution is 0.0392. The van der Waals surface area contributed by atoms with Gasteiger partial charge in [-0.2, -0.15) is 4.52 Å². The zero-order valence-corrected chi connectivity index (χ0v) is 12.7. The third kappa shape index (κ3) is 2.63. The van der Waals surface area contributed by atoms with Crippen molar-refractivity contribution in [3.8, 4) is 0 Å². The first-order valence-corrected chi connectivity index (χ1v) is 7.52. The molecule has 1 aliphatic heterocycles. The molecule has 4 rings (SSSR count). The number of anilines is 1. The number of aromatic nitrogens is 4. The maximum absolute atomic E-state index is 13.4. The molecule has 0 spiro atoms. The van der Waals surface area contributed by atoms with Crippen LogP contribution in [0.3, 0.4) is 0 Å². The minimum absolute atomic E-state index is 0.168. The molecule has 7 heteroatoms. The van der Waals surface area contributed by atoms with Crippen molar-refractivity contribution in [3.63, 3.8) is 0 Å². The van der Waals surface area contributed by atoms with E-state index in [1.165, 1.54) is 12.1 Å². The Morgan fingerprint density at radius 1 is 1.22 bits per heavy atom. The number of rotatable bonds is 2. The van der Waals surface area contributed by atoms with E-state index in [9.17, 15) is 4.39 Å². The molecule has 1 saturated heterocycles. The van der Waals surface area contributed by atoms with Crippen LogP contribution in [0.5, 0.6) is 0 Å². The van der Waals surface area contributed by atoms with Crippen LogP contribution in [0, 0.1) is 12.7 Å². The summed E-state index contributed by atoms with van der Waals surface area (Å²) < 4.78 is 21.0. The van der Waals surface area contributed by atoms with Crippen LogP contribution in [0.1, 0.15) is 17.5 Å². The topological polar surface area (TPSA) is 55.5 Å². The average molecular weight is 313 g/mol. The first-order chi connectivity index (χ1) is 11.2. The molecule has 0 amide bonds. The Morgan fingerprint density at radius 2 is 2.13 bits per heavy atom. The van der Waals surface area contributed by atoms with Gasteiger partial charge in [-0.15, -0.1) is 15.3 Å². The maximum Gasteiger partial charge on any atom is 0.178 e. The molecule has 1 aliphatic rings. The first-order valence-electron chi connectivity index (χ1n) is 7.52. The average Bonchev–Trinajstić information content (AvgIpc) is 2.96. The van der Waals surface area contributed by atoms with Crippen molar-refractivity contribution in [2.75, 3.05) is 24.6 Å². The Hall–Kier alpha value is -2.54. The number of halogens is 1. The molecule has 3 heterocycles. The highest BCUT2D eigenvalue weighted by molar-refractivity contribution is 5.46. The minimum Gasteiger partial charge on any atom is -0.370 e. The molecule has 0 aliphatic carbocycles. The summed E-state index contributed by atoms with van der Waals surface area (Å²) in [5.41, 5.74) is 1.57. The number of hydrogen-bond acceptors (Lipinski definition) is 5. The fourth-order valence-electron chi connectivity index (χ4n) is 2.82. The fraction of sp³-hybridized carbons (Fsp3) is 0.312. The zero-order chi connectivity index (χ0) is 15.8. The van der Waals surface area contributed by atoms with E-state index in [4.69, 9.17) is 4.74 Å². The lowest BCUT2D eigenvalue weighted by atomic mass is 10.1. The van der Waals surface area contributed by atoms with Gasteiger partial charge in [0.05, 0.1) is 6.61 Å². The van der Waals surface area contributed by atoms with Gasteiger partial charge in [-0.1, -0.05) is 12.1 Å². The van der Waals surface area contributed by atoms with Crippen molar-refractivity contribution < 1.29 is 9.13 Å². The second kappa shape index (κ2) is 5.58. The first kappa shape index (κ1) is 14.1. The molecule has 3 aromatic rings. The van der Waals surface area contributed by atoms with Gasteiger partial charge in [-0.3, -0.25) is 0 Å². The number of benzene rings is 1. The molecule has 2 aromatic heterocycles. The molecule has 1 aromatic carbocycles. The smallest absolute Gasteiger partial charge is 0.178 e. The standard InChI is InChI=1S/C16H16FN5O/c1-11-18-19-15-5-6-16(20-22(11)15)21-7-8-23-14(10-21)12-3-2-4-13(17)9-12/h2-6,9,14H,7-8,10H2,1H3. The summed E-state index contributed by atoms with van der Waals surface area (Å²) in [6, 6.07) is 10.4. The van der Waals surface area contributed by atoms with Gasteiger partial charge in [-0.25, -0.2) is 4.39 Å². The van der Waals surface area contributed by atoms with Gasteiger partial charge in [0.25, 0.3) is 0 Å². The molecular formula is C16H16FN5O. The second-order valence-corrected chi connectivity index (χ2v) is 5.57. The zero-order valence-electron chi connectivity index (χ0n) is 12.7. The number of morpholine rings is 1. The van der Waals surface area contributed by atoms with Gasteiger partial charge in [-0.05, 0) is 36.8 Å². The normalized spacial score (nSPS) is 18.5. The Bertz CT molecular complexity index is 849. The molecule has 6 nitrogen and oxygen atoms in total. The van der Waals surface area contributed by atoms with Crippen LogP contribution in [0.15, 0.2) is 36.4 Å². The van der Waals surface area contributed by atoms with Crippen molar-refractivity contribution in [1.29, 1.82) is 0 Å². The summed E-state index contributed by atoms with van der Waals surface area (Å²) in [7, 11) is 0.